The topological polar surface area (TPSA) is 117 Å². The first-order valence-corrected chi connectivity index (χ1v) is 9.34. The quantitative estimate of drug-likeness (QED) is 0.300. The standard InChI is InChI=1S/C19H16N6O2S/c1-11(28-19-24-23-18(25(19)2)15-8-5-9-27-15)16(26)12(10-20)17-21-13-6-3-4-7-14(13)22-17/h3-9,11,26H,1-2H3,(H,21,22)/b16-12-/t11-/m1/s1. The molecule has 0 aliphatic heterocycles. The van der Waals surface area contributed by atoms with Crippen molar-refractivity contribution in [1.82, 2.24) is 24.7 Å². The minimum absolute atomic E-state index is 0.0749. The van der Waals surface area contributed by atoms with Gasteiger partial charge < -0.3 is 19.1 Å². The fourth-order valence-electron chi connectivity index (χ4n) is 2.76. The van der Waals surface area contributed by atoms with Crippen LogP contribution in [0.15, 0.2) is 58.0 Å². The number of thioether (sulfide) groups is 1. The van der Waals surface area contributed by atoms with Crippen LogP contribution < -0.4 is 0 Å². The number of nitrogens with zero attached hydrogens (tertiary/aromatic N) is 5. The van der Waals surface area contributed by atoms with E-state index in [-0.39, 0.29) is 11.3 Å². The van der Waals surface area contributed by atoms with Crippen LogP contribution in [0.1, 0.15) is 12.7 Å². The number of H-pyrrole nitrogens is 1. The number of aliphatic hydroxyl groups excluding tert-OH is 1. The van der Waals surface area contributed by atoms with E-state index < -0.39 is 5.25 Å². The van der Waals surface area contributed by atoms with Crippen molar-refractivity contribution in [1.29, 1.82) is 5.26 Å². The van der Waals surface area contributed by atoms with E-state index in [9.17, 15) is 10.4 Å². The summed E-state index contributed by atoms with van der Waals surface area (Å²) in [6.07, 6.45) is 1.57. The van der Waals surface area contributed by atoms with Gasteiger partial charge in [-0.2, -0.15) is 5.26 Å². The van der Waals surface area contributed by atoms with E-state index in [0.29, 0.717) is 22.6 Å². The molecule has 0 saturated heterocycles. The number of allylic oxidation sites excluding steroid dienone is 1. The zero-order valence-corrected chi connectivity index (χ0v) is 15.9. The van der Waals surface area contributed by atoms with Crippen LogP contribution in [0.3, 0.4) is 0 Å². The molecule has 0 saturated carbocycles. The molecule has 2 N–H and O–H groups in total. The van der Waals surface area contributed by atoms with E-state index in [4.69, 9.17) is 4.42 Å². The van der Waals surface area contributed by atoms with Gasteiger partial charge in [0.1, 0.15) is 17.4 Å². The molecule has 0 radical (unpaired) electrons. The zero-order valence-electron chi connectivity index (χ0n) is 15.1. The summed E-state index contributed by atoms with van der Waals surface area (Å²) in [4.78, 5) is 7.47. The number of furan rings is 1. The highest BCUT2D eigenvalue weighted by molar-refractivity contribution is 7.99. The second-order valence-corrected chi connectivity index (χ2v) is 7.39. The van der Waals surface area contributed by atoms with Gasteiger partial charge in [-0.3, -0.25) is 0 Å². The van der Waals surface area contributed by atoms with Gasteiger partial charge in [0.05, 0.1) is 22.5 Å². The Bertz CT molecular complexity index is 1170. The summed E-state index contributed by atoms with van der Waals surface area (Å²) in [6.45, 7) is 1.79. The predicted molar refractivity (Wildman–Crippen MR) is 105 cm³/mol. The Morgan fingerprint density at radius 1 is 1.29 bits per heavy atom. The number of nitrogens with one attached hydrogen (secondary N) is 1. The molecule has 1 atom stereocenters. The maximum atomic E-state index is 10.7. The van der Waals surface area contributed by atoms with Gasteiger partial charge in [0.15, 0.2) is 22.6 Å². The van der Waals surface area contributed by atoms with Crippen LogP contribution in [-0.4, -0.2) is 35.1 Å². The first-order chi connectivity index (χ1) is 13.6. The van der Waals surface area contributed by atoms with Gasteiger partial charge in [0.25, 0.3) is 0 Å². The fourth-order valence-corrected chi connectivity index (χ4v) is 3.64. The third-order valence-electron chi connectivity index (χ3n) is 4.24. The first-order valence-electron chi connectivity index (χ1n) is 8.46. The van der Waals surface area contributed by atoms with Crippen molar-refractivity contribution in [3.8, 4) is 17.7 Å². The monoisotopic (exact) mass is 392 g/mol. The Morgan fingerprint density at radius 3 is 2.82 bits per heavy atom. The van der Waals surface area contributed by atoms with Crippen molar-refractivity contribution in [2.75, 3.05) is 0 Å². The molecule has 4 aromatic rings. The molecule has 4 rings (SSSR count). The Kier molecular flexibility index (Phi) is 4.63. The molecule has 9 heteroatoms. The molecule has 0 fully saturated rings. The number of imidazole rings is 1. The number of fused-ring (bicyclic) bond motifs is 1. The molecule has 0 aliphatic carbocycles. The number of aromatic amines is 1. The van der Waals surface area contributed by atoms with E-state index in [2.05, 4.69) is 26.2 Å². The Morgan fingerprint density at radius 2 is 2.11 bits per heavy atom. The van der Waals surface area contributed by atoms with Crippen molar-refractivity contribution in [2.24, 2.45) is 7.05 Å². The number of aromatic nitrogens is 5. The highest BCUT2D eigenvalue weighted by Crippen LogP contribution is 2.31. The van der Waals surface area contributed by atoms with Crippen molar-refractivity contribution in [3.63, 3.8) is 0 Å². The van der Waals surface area contributed by atoms with Gasteiger partial charge in [-0.1, -0.05) is 23.9 Å². The van der Waals surface area contributed by atoms with E-state index in [1.54, 1.807) is 29.9 Å². The first kappa shape index (κ1) is 17.9. The smallest absolute Gasteiger partial charge is 0.200 e. The van der Waals surface area contributed by atoms with Crippen LogP contribution in [0, 0.1) is 11.3 Å². The maximum absolute atomic E-state index is 10.7. The lowest BCUT2D eigenvalue weighted by Crippen LogP contribution is -2.06. The van der Waals surface area contributed by atoms with Crippen LogP contribution in [0.2, 0.25) is 0 Å². The maximum Gasteiger partial charge on any atom is 0.200 e. The van der Waals surface area contributed by atoms with Gasteiger partial charge in [-0.05, 0) is 31.2 Å². The van der Waals surface area contributed by atoms with Crippen LogP contribution >= 0.6 is 11.8 Å². The number of hydrogen-bond acceptors (Lipinski definition) is 7. The summed E-state index contributed by atoms with van der Waals surface area (Å²) in [6, 6.07) is 13.1. The zero-order chi connectivity index (χ0) is 19.7. The molecule has 1 aromatic carbocycles. The molecule has 0 aliphatic rings. The number of aliphatic hydroxyl groups is 1. The minimum atomic E-state index is -0.435. The van der Waals surface area contributed by atoms with E-state index >= 15 is 0 Å². The average Bonchev–Trinajstić information content (AvgIpc) is 3.42. The second-order valence-electron chi connectivity index (χ2n) is 6.08. The predicted octanol–water partition coefficient (Wildman–Crippen LogP) is 3.92. The van der Waals surface area contributed by atoms with E-state index in [1.165, 1.54) is 11.8 Å². The average molecular weight is 392 g/mol. The lowest BCUT2D eigenvalue weighted by Gasteiger charge is -2.11. The number of para-hydroxylation sites is 2. The number of benzene rings is 1. The normalized spacial score (nSPS) is 13.3. The third-order valence-corrected chi connectivity index (χ3v) is 5.38. The summed E-state index contributed by atoms with van der Waals surface area (Å²) >= 11 is 1.29. The van der Waals surface area contributed by atoms with Gasteiger partial charge >= 0.3 is 0 Å². The van der Waals surface area contributed by atoms with Crippen molar-refractivity contribution >= 4 is 28.4 Å². The largest absolute Gasteiger partial charge is 0.510 e. The van der Waals surface area contributed by atoms with Crippen LogP contribution in [0.25, 0.3) is 28.2 Å². The van der Waals surface area contributed by atoms with Crippen molar-refractivity contribution < 1.29 is 9.52 Å². The van der Waals surface area contributed by atoms with E-state index in [1.807, 2.05) is 31.3 Å². The molecule has 3 aromatic heterocycles. The van der Waals surface area contributed by atoms with Gasteiger partial charge in [0.2, 0.25) is 0 Å². The third kappa shape index (κ3) is 3.14. The molecule has 8 nitrogen and oxygen atoms in total. The highest BCUT2D eigenvalue weighted by atomic mass is 32.2. The van der Waals surface area contributed by atoms with Crippen LogP contribution in [-0.2, 0) is 7.05 Å². The van der Waals surface area contributed by atoms with Gasteiger partial charge in [0, 0.05) is 7.05 Å². The minimum Gasteiger partial charge on any atom is -0.510 e. The lowest BCUT2D eigenvalue weighted by molar-refractivity contribution is 0.401. The molecule has 0 spiro atoms. The van der Waals surface area contributed by atoms with E-state index in [0.717, 1.165) is 11.0 Å². The van der Waals surface area contributed by atoms with Gasteiger partial charge in [-0.25, -0.2) is 4.98 Å². The summed E-state index contributed by atoms with van der Waals surface area (Å²) in [5.41, 5.74) is 1.63. The van der Waals surface area contributed by atoms with Crippen LogP contribution in [0.4, 0.5) is 0 Å². The van der Waals surface area contributed by atoms with Gasteiger partial charge in [-0.15, -0.1) is 10.2 Å². The summed E-state index contributed by atoms with van der Waals surface area (Å²) in [7, 11) is 1.82. The molecule has 28 heavy (non-hydrogen) atoms. The summed E-state index contributed by atoms with van der Waals surface area (Å²) in [5, 5.41) is 28.7. The molecular formula is C19H16N6O2S. The number of nitriles is 1. The Labute approximate surface area is 164 Å². The Balaban J connectivity index is 1.63. The van der Waals surface area contributed by atoms with Crippen molar-refractivity contribution in [2.45, 2.75) is 17.3 Å². The van der Waals surface area contributed by atoms with Crippen LogP contribution in [0.5, 0.6) is 0 Å². The molecule has 3 heterocycles. The molecule has 140 valence electrons. The molecule has 0 unspecified atom stereocenters. The molecule has 0 bridgehead atoms. The second kappa shape index (κ2) is 7.25. The number of rotatable bonds is 5. The Hall–Kier alpha value is -3.51. The molecule has 0 amide bonds. The summed E-state index contributed by atoms with van der Waals surface area (Å²) in [5.74, 6) is 1.45. The highest BCUT2D eigenvalue weighted by Gasteiger charge is 2.22. The summed E-state index contributed by atoms with van der Waals surface area (Å²) < 4.78 is 7.14. The molecular weight excluding hydrogens is 376 g/mol. The van der Waals surface area contributed by atoms with Crippen molar-refractivity contribution in [3.05, 3.63) is 54.2 Å². The SMILES string of the molecule is C[C@@H](Sc1nnc(-c2ccco2)n1C)/C(O)=C(\C#N)c1nc2ccccc2[nH]1. The fraction of sp³-hybridized carbons (Fsp3) is 0.158. The lowest BCUT2D eigenvalue weighted by atomic mass is 10.2. The number of hydrogen-bond donors (Lipinski definition) is 2.